The van der Waals surface area contributed by atoms with Gasteiger partial charge in [0.1, 0.15) is 0 Å². The molecule has 0 spiro atoms. The van der Waals surface area contributed by atoms with E-state index >= 15 is 0 Å². The minimum absolute atomic E-state index is 0.200. The van der Waals surface area contributed by atoms with Gasteiger partial charge in [-0.2, -0.15) is 0 Å². The smallest absolute Gasteiger partial charge is 0.191 e. The van der Waals surface area contributed by atoms with Gasteiger partial charge < -0.3 is 15.4 Å². The topological polar surface area (TPSA) is 66.0 Å². The van der Waals surface area contributed by atoms with Crippen LogP contribution < -0.4 is 10.6 Å². The molecule has 2 N–H and O–H groups in total. The van der Waals surface area contributed by atoms with Crippen molar-refractivity contribution in [3.8, 4) is 0 Å². The molecule has 1 aliphatic carbocycles. The fraction of sp³-hybridized carbons (Fsp3) is 0.950. The second kappa shape index (κ2) is 10.2. The third-order valence-electron chi connectivity index (χ3n) is 6.63. The van der Waals surface area contributed by atoms with E-state index in [1.165, 1.54) is 25.9 Å². The molecule has 3 fully saturated rings. The average molecular weight is 399 g/mol. The van der Waals surface area contributed by atoms with Gasteiger partial charge in [0, 0.05) is 60.2 Å². The Hall–Kier alpha value is -0.660. The summed E-state index contributed by atoms with van der Waals surface area (Å²) in [6.07, 6.45) is 9.20. The van der Waals surface area contributed by atoms with Crippen molar-refractivity contribution in [2.24, 2.45) is 4.99 Å². The van der Waals surface area contributed by atoms with Crippen LogP contribution >= 0.6 is 0 Å². The minimum Gasteiger partial charge on any atom is -0.381 e. The Bertz CT molecular complexity index is 516. The molecule has 3 unspecified atom stereocenters. The first-order valence-electron chi connectivity index (χ1n) is 10.8. The van der Waals surface area contributed by atoms with E-state index in [9.17, 15) is 4.21 Å². The molecular weight excluding hydrogens is 360 g/mol. The van der Waals surface area contributed by atoms with Crippen molar-refractivity contribution in [1.29, 1.82) is 0 Å². The Balaban J connectivity index is 1.55. The first kappa shape index (κ1) is 21.1. The molecule has 2 aliphatic heterocycles. The highest BCUT2D eigenvalue weighted by molar-refractivity contribution is 7.85. The molecule has 2 saturated heterocycles. The van der Waals surface area contributed by atoms with Crippen LogP contribution in [0.2, 0.25) is 0 Å². The molecule has 0 radical (unpaired) electrons. The molecule has 1 saturated carbocycles. The van der Waals surface area contributed by atoms with Gasteiger partial charge in [-0.05, 0) is 58.0 Å². The summed E-state index contributed by atoms with van der Waals surface area (Å²) in [7, 11) is 1.17. The molecule has 3 aliphatic rings. The summed E-state index contributed by atoms with van der Waals surface area (Å²) >= 11 is 0. The highest BCUT2D eigenvalue weighted by atomic mass is 32.2. The maximum absolute atomic E-state index is 12.2. The zero-order chi connectivity index (χ0) is 19.1. The fourth-order valence-electron chi connectivity index (χ4n) is 4.93. The van der Waals surface area contributed by atoms with Crippen LogP contribution in [0.15, 0.2) is 4.99 Å². The number of rotatable bonds is 6. The van der Waals surface area contributed by atoms with E-state index in [4.69, 9.17) is 4.74 Å². The first-order valence-corrected chi connectivity index (χ1v) is 12.2. The third kappa shape index (κ3) is 5.45. The molecule has 3 atom stereocenters. The molecule has 0 amide bonds. The number of nitrogens with one attached hydrogen (secondary N) is 2. The van der Waals surface area contributed by atoms with Crippen molar-refractivity contribution < 1.29 is 8.95 Å². The van der Waals surface area contributed by atoms with E-state index < -0.39 is 10.8 Å². The van der Waals surface area contributed by atoms with Crippen LogP contribution in [0.5, 0.6) is 0 Å². The normalized spacial score (nSPS) is 30.8. The average Bonchev–Trinajstić information content (AvgIpc) is 3.27. The summed E-state index contributed by atoms with van der Waals surface area (Å²) in [6, 6.07) is 0.378. The summed E-state index contributed by atoms with van der Waals surface area (Å²) in [5.74, 6) is 1.66. The van der Waals surface area contributed by atoms with Crippen molar-refractivity contribution in [1.82, 2.24) is 15.5 Å². The molecule has 0 bridgehead atoms. The number of ether oxygens (including phenoxy) is 1. The lowest BCUT2D eigenvalue weighted by Gasteiger charge is -2.45. The van der Waals surface area contributed by atoms with Gasteiger partial charge in [0.15, 0.2) is 5.96 Å². The van der Waals surface area contributed by atoms with Crippen molar-refractivity contribution in [2.75, 3.05) is 45.6 Å². The number of hydrogen-bond acceptors (Lipinski definition) is 4. The number of hydrogen-bond donors (Lipinski definition) is 2. The Labute approximate surface area is 167 Å². The maximum Gasteiger partial charge on any atom is 0.191 e. The summed E-state index contributed by atoms with van der Waals surface area (Å²) < 4.78 is 17.9. The number of nitrogens with zero attached hydrogens (tertiary/aromatic N) is 2. The minimum atomic E-state index is -0.688. The van der Waals surface area contributed by atoms with Gasteiger partial charge in [-0.25, -0.2) is 0 Å². The van der Waals surface area contributed by atoms with E-state index in [2.05, 4.69) is 20.5 Å². The Kier molecular flexibility index (Phi) is 7.97. The number of aliphatic imine (C=N–C) groups is 1. The van der Waals surface area contributed by atoms with Crippen LogP contribution in [0.1, 0.15) is 58.3 Å². The van der Waals surface area contributed by atoms with Gasteiger partial charge in [0.25, 0.3) is 0 Å². The van der Waals surface area contributed by atoms with Crippen molar-refractivity contribution in [2.45, 2.75) is 75.1 Å². The van der Waals surface area contributed by atoms with Crippen molar-refractivity contribution >= 4 is 16.8 Å². The van der Waals surface area contributed by atoms with Crippen LogP contribution in [-0.4, -0.2) is 77.5 Å². The van der Waals surface area contributed by atoms with Crippen LogP contribution in [0.4, 0.5) is 0 Å². The Morgan fingerprint density at radius 1 is 1.22 bits per heavy atom. The standard InChI is InChI=1S/C20H38N4O2S/c1-3-27(25)18-8-6-7-17(15-18)23-19(21-2)22-16-20(9-13-26-14-10-20)24-11-4-5-12-24/h17-18H,3-16H2,1-2H3,(H2,21,22,23). The molecule has 27 heavy (non-hydrogen) atoms. The van der Waals surface area contributed by atoms with Gasteiger partial charge in [-0.1, -0.05) is 13.3 Å². The highest BCUT2D eigenvalue weighted by Crippen LogP contribution is 2.30. The SMILES string of the molecule is CCS(=O)C1CCCC(NC(=NC)NCC2(N3CCCC3)CCOCC2)C1. The lowest BCUT2D eigenvalue weighted by molar-refractivity contribution is -0.0164. The molecule has 2 heterocycles. The highest BCUT2D eigenvalue weighted by Gasteiger charge is 2.39. The predicted octanol–water partition coefficient (Wildman–Crippen LogP) is 1.88. The zero-order valence-corrected chi connectivity index (χ0v) is 18.0. The predicted molar refractivity (Wildman–Crippen MR) is 113 cm³/mol. The Morgan fingerprint density at radius 3 is 2.63 bits per heavy atom. The second-order valence-electron chi connectivity index (χ2n) is 8.26. The first-order chi connectivity index (χ1) is 13.2. The van der Waals surface area contributed by atoms with Gasteiger partial charge in [0.05, 0.1) is 0 Å². The number of guanidine groups is 1. The maximum atomic E-state index is 12.2. The number of likely N-dealkylation sites (tertiary alicyclic amines) is 1. The quantitative estimate of drug-likeness (QED) is 0.528. The van der Waals surface area contributed by atoms with Gasteiger partial charge >= 0.3 is 0 Å². The fourth-order valence-corrected chi connectivity index (χ4v) is 6.28. The molecule has 156 valence electrons. The third-order valence-corrected chi connectivity index (χ3v) is 8.37. The largest absolute Gasteiger partial charge is 0.381 e. The van der Waals surface area contributed by atoms with E-state index in [-0.39, 0.29) is 5.54 Å². The van der Waals surface area contributed by atoms with Gasteiger partial charge in [-0.15, -0.1) is 0 Å². The van der Waals surface area contributed by atoms with Crippen LogP contribution in [0, 0.1) is 0 Å². The molecule has 7 heteroatoms. The second-order valence-corrected chi connectivity index (χ2v) is 10.3. The molecule has 0 aromatic rings. The lowest BCUT2D eigenvalue weighted by Crippen LogP contribution is -2.59. The summed E-state index contributed by atoms with van der Waals surface area (Å²) in [4.78, 5) is 7.16. The summed E-state index contributed by atoms with van der Waals surface area (Å²) in [5, 5.41) is 7.58. The van der Waals surface area contributed by atoms with Crippen LogP contribution in [-0.2, 0) is 15.5 Å². The monoisotopic (exact) mass is 398 g/mol. The van der Waals surface area contributed by atoms with Crippen LogP contribution in [0.3, 0.4) is 0 Å². The zero-order valence-electron chi connectivity index (χ0n) is 17.2. The lowest BCUT2D eigenvalue weighted by atomic mass is 9.88. The molecule has 3 rings (SSSR count). The summed E-state index contributed by atoms with van der Waals surface area (Å²) in [5.41, 5.74) is 0.200. The van der Waals surface area contributed by atoms with E-state index in [0.717, 1.165) is 70.0 Å². The Morgan fingerprint density at radius 2 is 1.96 bits per heavy atom. The van der Waals surface area contributed by atoms with Gasteiger partial charge in [-0.3, -0.25) is 14.1 Å². The summed E-state index contributed by atoms with van der Waals surface area (Å²) in [6.45, 7) is 7.09. The molecular formula is C20H38N4O2S. The van der Waals surface area contributed by atoms with E-state index in [0.29, 0.717) is 11.3 Å². The molecule has 0 aromatic carbocycles. The van der Waals surface area contributed by atoms with Crippen LogP contribution in [0.25, 0.3) is 0 Å². The van der Waals surface area contributed by atoms with E-state index in [1.54, 1.807) is 0 Å². The van der Waals surface area contributed by atoms with Crippen molar-refractivity contribution in [3.63, 3.8) is 0 Å². The van der Waals surface area contributed by atoms with Crippen molar-refractivity contribution in [3.05, 3.63) is 0 Å². The molecule has 0 aromatic heterocycles. The molecule has 6 nitrogen and oxygen atoms in total. The van der Waals surface area contributed by atoms with Gasteiger partial charge in [0.2, 0.25) is 0 Å². The van der Waals surface area contributed by atoms with E-state index in [1.807, 2.05) is 14.0 Å².